The van der Waals surface area contributed by atoms with E-state index in [4.69, 9.17) is 10.5 Å². The number of esters is 2. The molecule has 23 heavy (non-hydrogen) atoms. The van der Waals surface area contributed by atoms with Gasteiger partial charge in [0.15, 0.2) is 5.69 Å². The summed E-state index contributed by atoms with van der Waals surface area (Å²) in [5.41, 5.74) is 6.71. The van der Waals surface area contributed by atoms with E-state index in [0.29, 0.717) is 24.1 Å². The monoisotopic (exact) mass is 319 g/mol. The van der Waals surface area contributed by atoms with Gasteiger partial charge in [0.1, 0.15) is 0 Å². The summed E-state index contributed by atoms with van der Waals surface area (Å²) in [5.74, 6) is -3.06. The predicted molar refractivity (Wildman–Crippen MR) is 74.6 cm³/mol. The summed E-state index contributed by atoms with van der Waals surface area (Å²) in [6.07, 6.45) is 0.694. The molecule has 120 valence electrons. The first kappa shape index (κ1) is 14.9. The molecule has 2 aromatic rings. The smallest absolute Gasteiger partial charge is 0.375 e. The van der Waals surface area contributed by atoms with Gasteiger partial charge in [0, 0.05) is 11.3 Å². The topological polar surface area (TPSA) is 139 Å². The molecule has 0 amide bonds. The molecule has 0 spiro atoms. The Labute approximate surface area is 129 Å². The van der Waals surface area contributed by atoms with Gasteiger partial charge < -0.3 is 15.2 Å². The molecule has 3 rings (SSSR count). The maximum Gasteiger partial charge on any atom is 0.375 e. The van der Waals surface area contributed by atoms with Gasteiger partial charge in [-0.25, -0.2) is 19.0 Å². The average Bonchev–Trinajstić information content (AvgIpc) is 3.15. The fourth-order valence-corrected chi connectivity index (χ4v) is 2.82. The van der Waals surface area contributed by atoms with Gasteiger partial charge in [-0.15, -0.1) is 10.2 Å². The SMILES string of the molecule is COC(=O)C(=O)[C@@H]1CCc2c(C(=O)OC)nc3nnc(N)n3c21. The normalized spacial score (nSPS) is 16.2. The highest BCUT2D eigenvalue weighted by Gasteiger charge is 2.39. The van der Waals surface area contributed by atoms with Crippen molar-refractivity contribution in [3.63, 3.8) is 0 Å². The summed E-state index contributed by atoms with van der Waals surface area (Å²) in [7, 11) is 2.36. The number of nitrogens with zero attached hydrogens (tertiary/aromatic N) is 4. The number of anilines is 1. The second-order valence-electron chi connectivity index (χ2n) is 4.96. The average molecular weight is 319 g/mol. The van der Waals surface area contributed by atoms with Crippen LogP contribution in [0.1, 0.15) is 34.1 Å². The molecule has 2 N–H and O–H groups in total. The van der Waals surface area contributed by atoms with E-state index in [0.717, 1.165) is 7.11 Å². The number of ketones is 1. The van der Waals surface area contributed by atoms with Crippen molar-refractivity contribution in [2.75, 3.05) is 20.0 Å². The van der Waals surface area contributed by atoms with Crippen molar-refractivity contribution in [2.45, 2.75) is 18.8 Å². The number of aromatic nitrogens is 4. The number of nitrogens with two attached hydrogens (primary N) is 1. The van der Waals surface area contributed by atoms with Gasteiger partial charge in [-0.1, -0.05) is 0 Å². The van der Waals surface area contributed by atoms with Gasteiger partial charge in [-0.3, -0.25) is 4.79 Å². The summed E-state index contributed by atoms with van der Waals surface area (Å²) >= 11 is 0. The minimum Gasteiger partial charge on any atom is -0.464 e. The van der Waals surface area contributed by atoms with Gasteiger partial charge in [0.25, 0.3) is 5.78 Å². The number of nitrogen functional groups attached to an aromatic ring is 1. The van der Waals surface area contributed by atoms with Crippen LogP contribution in [-0.4, -0.2) is 51.5 Å². The van der Waals surface area contributed by atoms with Crippen molar-refractivity contribution in [3.05, 3.63) is 17.0 Å². The molecule has 0 aliphatic heterocycles. The van der Waals surface area contributed by atoms with Crippen LogP contribution in [0, 0.1) is 0 Å². The zero-order chi connectivity index (χ0) is 16.7. The minimum absolute atomic E-state index is 0.0183. The fourth-order valence-electron chi connectivity index (χ4n) is 2.82. The van der Waals surface area contributed by atoms with Crippen molar-refractivity contribution in [2.24, 2.45) is 0 Å². The summed E-state index contributed by atoms with van der Waals surface area (Å²) in [6, 6.07) is 0. The van der Waals surface area contributed by atoms with Gasteiger partial charge in [-0.2, -0.15) is 0 Å². The predicted octanol–water partition coefficient (Wildman–Crippen LogP) is -0.735. The van der Waals surface area contributed by atoms with Gasteiger partial charge in [0.05, 0.1) is 20.1 Å². The molecule has 10 heteroatoms. The molecule has 0 unspecified atom stereocenters. The fraction of sp³-hybridized carbons (Fsp3) is 0.385. The zero-order valence-electron chi connectivity index (χ0n) is 12.4. The number of rotatable bonds is 3. The highest BCUT2D eigenvalue weighted by molar-refractivity contribution is 6.36. The molecule has 0 saturated heterocycles. The Bertz CT molecular complexity index is 843. The second-order valence-corrected chi connectivity index (χ2v) is 4.96. The van der Waals surface area contributed by atoms with Crippen molar-refractivity contribution in [1.29, 1.82) is 0 Å². The lowest BCUT2D eigenvalue weighted by atomic mass is 10.0. The van der Waals surface area contributed by atoms with E-state index in [1.165, 1.54) is 11.5 Å². The summed E-state index contributed by atoms with van der Waals surface area (Å²) in [6.45, 7) is 0. The van der Waals surface area contributed by atoms with Gasteiger partial charge in [0.2, 0.25) is 11.7 Å². The van der Waals surface area contributed by atoms with Crippen LogP contribution in [0.5, 0.6) is 0 Å². The van der Waals surface area contributed by atoms with E-state index in [2.05, 4.69) is 19.9 Å². The van der Waals surface area contributed by atoms with E-state index in [1.54, 1.807) is 0 Å². The number of hydrogen-bond acceptors (Lipinski definition) is 9. The summed E-state index contributed by atoms with van der Waals surface area (Å²) in [4.78, 5) is 39.9. The van der Waals surface area contributed by atoms with Crippen molar-refractivity contribution >= 4 is 29.4 Å². The first-order valence-corrected chi connectivity index (χ1v) is 6.73. The van der Waals surface area contributed by atoms with Gasteiger partial charge in [-0.05, 0) is 12.8 Å². The van der Waals surface area contributed by atoms with Crippen LogP contribution < -0.4 is 5.73 Å². The molecule has 0 saturated carbocycles. The van der Waals surface area contributed by atoms with Crippen LogP contribution in [0.15, 0.2) is 0 Å². The van der Waals surface area contributed by atoms with Gasteiger partial charge >= 0.3 is 11.9 Å². The zero-order valence-corrected chi connectivity index (χ0v) is 12.4. The Hall–Kier alpha value is -3.04. The largest absolute Gasteiger partial charge is 0.464 e. The first-order valence-electron chi connectivity index (χ1n) is 6.73. The molecule has 2 heterocycles. The molecule has 1 atom stereocenters. The molecule has 2 aromatic heterocycles. The van der Waals surface area contributed by atoms with Crippen molar-refractivity contribution in [3.8, 4) is 0 Å². The highest BCUT2D eigenvalue weighted by Crippen LogP contribution is 2.36. The molecule has 1 aliphatic carbocycles. The van der Waals surface area contributed by atoms with Crippen LogP contribution in [0.3, 0.4) is 0 Å². The highest BCUT2D eigenvalue weighted by atomic mass is 16.5. The van der Waals surface area contributed by atoms with E-state index in [-0.39, 0.29) is 17.4 Å². The lowest BCUT2D eigenvalue weighted by Gasteiger charge is -2.13. The van der Waals surface area contributed by atoms with Crippen LogP contribution in [0.25, 0.3) is 5.78 Å². The number of methoxy groups -OCH3 is 2. The third kappa shape index (κ3) is 2.10. The van der Waals surface area contributed by atoms with E-state index in [9.17, 15) is 14.4 Å². The molecular weight excluding hydrogens is 306 g/mol. The third-order valence-corrected chi connectivity index (χ3v) is 3.81. The standard InChI is InChI=1S/C13H13N5O5/c1-22-10(20)7-5-3-4-6(9(19)11(21)23-2)8(5)18-12(14)16-17-13(18)15-7/h6H,3-4H2,1-2H3,(H2,14,16)/t6-/m1/s1. The second kappa shape index (κ2) is 5.30. The Kier molecular flexibility index (Phi) is 3.43. The van der Waals surface area contributed by atoms with Crippen LogP contribution in [-0.2, 0) is 25.5 Å². The van der Waals surface area contributed by atoms with Crippen LogP contribution >= 0.6 is 0 Å². The third-order valence-electron chi connectivity index (χ3n) is 3.81. The molecule has 0 aromatic carbocycles. The lowest BCUT2D eigenvalue weighted by Crippen LogP contribution is -2.24. The van der Waals surface area contributed by atoms with Crippen molar-refractivity contribution in [1.82, 2.24) is 19.6 Å². The molecule has 0 bridgehead atoms. The number of carbonyl (C=O) groups is 3. The summed E-state index contributed by atoms with van der Waals surface area (Å²) in [5, 5.41) is 7.48. The van der Waals surface area contributed by atoms with Crippen molar-refractivity contribution < 1.29 is 23.9 Å². The number of hydrogen-bond donors (Lipinski definition) is 1. The van der Waals surface area contributed by atoms with Crippen LogP contribution in [0.2, 0.25) is 0 Å². The Morgan fingerprint density at radius 3 is 2.61 bits per heavy atom. The molecule has 1 aliphatic rings. The van der Waals surface area contributed by atoms with E-state index >= 15 is 0 Å². The van der Waals surface area contributed by atoms with Crippen LogP contribution in [0.4, 0.5) is 5.95 Å². The number of fused-ring (bicyclic) bond motifs is 3. The minimum atomic E-state index is -0.959. The number of carbonyl (C=O) groups excluding carboxylic acids is 3. The molecule has 0 radical (unpaired) electrons. The molecule has 10 nitrogen and oxygen atoms in total. The molecule has 0 fully saturated rings. The maximum absolute atomic E-state index is 12.3. The number of Topliss-reactive ketones (excluding diaryl/α,β-unsaturated/α-hetero) is 1. The number of ether oxygens (including phenoxy) is 2. The van der Waals surface area contributed by atoms with E-state index < -0.39 is 23.6 Å². The molecular formula is C13H13N5O5. The Morgan fingerprint density at radius 2 is 1.96 bits per heavy atom. The Morgan fingerprint density at radius 1 is 1.22 bits per heavy atom. The maximum atomic E-state index is 12.3. The Balaban J connectivity index is 2.27. The van der Waals surface area contributed by atoms with E-state index in [1.807, 2.05) is 0 Å². The summed E-state index contributed by atoms with van der Waals surface area (Å²) < 4.78 is 10.6. The lowest BCUT2D eigenvalue weighted by molar-refractivity contribution is -0.152. The first-order chi connectivity index (χ1) is 11.0. The quantitative estimate of drug-likeness (QED) is 0.572.